The molecule has 0 amide bonds. The van der Waals surface area contributed by atoms with E-state index in [-0.39, 0.29) is 0 Å². The maximum atomic E-state index is 2.59. The molecule has 0 N–H and O–H groups in total. The van der Waals surface area contributed by atoms with E-state index in [2.05, 4.69) is 55.4 Å². The van der Waals surface area contributed by atoms with Crippen LogP contribution in [-0.2, 0) is 0 Å². The normalized spacial score (nSPS) is 18.7. The molecule has 5 atom stereocenters. The summed E-state index contributed by atoms with van der Waals surface area (Å²) in [7, 11) is 0. The van der Waals surface area contributed by atoms with E-state index in [1.807, 2.05) is 0 Å². The fourth-order valence-electron chi connectivity index (χ4n) is 5.22. The van der Waals surface area contributed by atoms with Gasteiger partial charge in [0.05, 0.1) is 0 Å². The van der Waals surface area contributed by atoms with Crippen molar-refractivity contribution in [2.45, 2.75) is 145 Å². The van der Waals surface area contributed by atoms with Crippen LogP contribution in [0.4, 0.5) is 0 Å². The first-order valence-electron chi connectivity index (χ1n) is 12.9. The zero-order valence-electron chi connectivity index (χ0n) is 20.7. The predicted molar refractivity (Wildman–Crippen MR) is 126 cm³/mol. The highest BCUT2D eigenvalue weighted by Crippen LogP contribution is 2.46. The molecule has 164 valence electrons. The Balaban J connectivity index is 4.55. The van der Waals surface area contributed by atoms with E-state index >= 15 is 0 Å². The molecule has 0 aliphatic heterocycles. The second-order valence-corrected chi connectivity index (χ2v) is 10.2. The maximum absolute atomic E-state index is 2.59. The van der Waals surface area contributed by atoms with Crippen molar-refractivity contribution in [3.8, 4) is 0 Å². The fourth-order valence-corrected chi connectivity index (χ4v) is 5.22. The van der Waals surface area contributed by atoms with Gasteiger partial charge in [0, 0.05) is 0 Å². The van der Waals surface area contributed by atoms with Gasteiger partial charge in [0.25, 0.3) is 0 Å². The van der Waals surface area contributed by atoms with Crippen LogP contribution in [-0.4, -0.2) is 0 Å². The zero-order valence-corrected chi connectivity index (χ0v) is 20.7. The van der Waals surface area contributed by atoms with Crippen molar-refractivity contribution in [3.63, 3.8) is 0 Å². The average Bonchev–Trinajstić information content (AvgIpc) is 2.67. The highest BCUT2D eigenvalue weighted by molar-refractivity contribution is 4.86. The van der Waals surface area contributed by atoms with Crippen molar-refractivity contribution in [2.75, 3.05) is 0 Å². The molecule has 0 rings (SSSR count). The number of rotatable bonds is 18. The van der Waals surface area contributed by atoms with Gasteiger partial charge in [-0.2, -0.15) is 0 Å². The average molecular weight is 381 g/mol. The third-order valence-corrected chi connectivity index (χ3v) is 8.01. The van der Waals surface area contributed by atoms with Crippen LogP contribution in [0.25, 0.3) is 0 Å². The van der Waals surface area contributed by atoms with Crippen molar-refractivity contribution in [2.24, 2.45) is 29.1 Å². The van der Waals surface area contributed by atoms with Gasteiger partial charge in [0.15, 0.2) is 0 Å². The molecular weight excluding hydrogens is 324 g/mol. The largest absolute Gasteiger partial charge is 0.0654 e. The van der Waals surface area contributed by atoms with Gasteiger partial charge in [-0.1, -0.05) is 132 Å². The van der Waals surface area contributed by atoms with E-state index in [4.69, 9.17) is 0 Å². The fraction of sp³-hybridized carbons (Fsp3) is 1.00. The Labute approximate surface area is 174 Å². The summed E-state index contributed by atoms with van der Waals surface area (Å²) in [4.78, 5) is 0. The van der Waals surface area contributed by atoms with Crippen molar-refractivity contribution in [3.05, 3.63) is 0 Å². The maximum Gasteiger partial charge on any atom is -0.0272 e. The lowest BCUT2D eigenvalue weighted by molar-refractivity contribution is 0.0788. The first-order chi connectivity index (χ1) is 12.9. The van der Waals surface area contributed by atoms with Gasteiger partial charge in [0.2, 0.25) is 0 Å². The summed E-state index contributed by atoms with van der Waals surface area (Å²) in [6.07, 6.45) is 19.8. The molecule has 0 aliphatic carbocycles. The van der Waals surface area contributed by atoms with Gasteiger partial charge in [-0.05, 0) is 41.9 Å². The van der Waals surface area contributed by atoms with Crippen LogP contribution in [0.15, 0.2) is 0 Å². The lowest BCUT2D eigenvalue weighted by Crippen LogP contribution is -2.33. The SMILES string of the molecule is CCCCCC(C)CCCCC(CC)(CCC)C(C)C(C)CCC(C)CC. The summed E-state index contributed by atoms with van der Waals surface area (Å²) in [5.74, 6) is 3.58. The highest BCUT2D eigenvalue weighted by atomic mass is 14.4. The summed E-state index contributed by atoms with van der Waals surface area (Å²) in [6.45, 7) is 19.6. The molecule has 0 heterocycles. The van der Waals surface area contributed by atoms with Gasteiger partial charge < -0.3 is 0 Å². The van der Waals surface area contributed by atoms with Crippen molar-refractivity contribution >= 4 is 0 Å². The molecule has 0 radical (unpaired) electrons. The molecule has 0 fully saturated rings. The third kappa shape index (κ3) is 10.9. The van der Waals surface area contributed by atoms with Crippen LogP contribution in [0, 0.1) is 29.1 Å². The minimum absolute atomic E-state index is 0.592. The summed E-state index contributed by atoms with van der Waals surface area (Å²) < 4.78 is 0. The molecule has 5 unspecified atom stereocenters. The molecule has 27 heavy (non-hydrogen) atoms. The summed E-state index contributed by atoms with van der Waals surface area (Å²) in [6, 6.07) is 0. The molecule has 0 aliphatic rings. The molecule has 0 bridgehead atoms. The Kier molecular flexibility index (Phi) is 15.9. The molecular formula is C27H56. The molecule has 0 aromatic heterocycles. The Hall–Kier alpha value is 0. The van der Waals surface area contributed by atoms with Crippen LogP contribution in [0.3, 0.4) is 0 Å². The number of hydrogen-bond acceptors (Lipinski definition) is 0. The van der Waals surface area contributed by atoms with Crippen LogP contribution >= 0.6 is 0 Å². The molecule has 0 nitrogen and oxygen atoms in total. The van der Waals surface area contributed by atoms with Crippen molar-refractivity contribution in [1.29, 1.82) is 0 Å². The quantitative estimate of drug-likeness (QED) is 0.207. The zero-order chi connectivity index (χ0) is 20.7. The van der Waals surface area contributed by atoms with Gasteiger partial charge in [-0.25, -0.2) is 0 Å². The molecule has 0 aromatic rings. The number of unbranched alkanes of at least 4 members (excludes halogenated alkanes) is 3. The lowest BCUT2D eigenvalue weighted by Gasteiger charge is -2.42. The van der Waals surface area contributed by atoms with Crippen LogP contribution in [0.1, 0.15) is 145 Å². The highest BCUT2D eigenvalue weighted by Gasteiger charge is 2.35. The summed E-state index contributed by atoms with van der Waals surface area (Å²) in [5.41, 5.74) is 0.592. The monoisotopic (exact) mass is 380 g/mol. The Morgan fingerprint density at radius 3 is 1.74 bits per heavy atom. The van der Waals surface area contributed by atoms with E-state index in [0.717, 1.165) is 23.7 Å². The van der Waals surface area contributed by atoms with Gasteiger partial charge in [0.1, 0.15) is 0 Å². The summed E-state index contributed by atoms with van der Waals surface area (Å²) >= 11 is 0. The second-order valence-electron chi connectivity index (χ2n) is 10.2. The van der Waals surface area contributed by atoms with E-state index < -0.39 is 0 Å². The van der Waals surface area contributed by atoms with E-state index in [1.165, 1.54) is 89.9 Å². The number of hydrogen-bond donors (Lipinski definition) is 0. The smallest absolute Gasteiger partial charge is 0.0272 e. The van der Waals surface area contributed by atoms with Crippen molar-refractivity contribution in [1.82, 2.24) is 0 Å². The lowest BCUT2D eigenvalue weighted by atomic mass is 9.63. The van der Waals surface area contributed by atoms with Crippen molar-refractivity contribution < 1.29 is 0 Å². The van der Waals surface area contributed by atoms with Crippen LogP contribution in [0.2, 0.25) is 0 Å². The van der Waals surface area contributed by atoms with E-state index in [0.29, 0.717) is 5.41 Å². The minimum atomic E-state index is 0.592. The third-order valence-electron chi connectivity index (χ3n) is 8.01. The van der Waals surface area contributed by atoms with E-state index in [9.17, 15) is 0 Å². The van der Waals surface area contributed by atoms with Gasteiger partial charge >= 0.3 is 0 Å². The molecule has 0 heteroatoms. The first-order valence-corrected chi connectivity index (χ1v) is 12.9. The van der Waals surface area contributed by atoms with Crippen LogP contribution in [0.5, 0.6) is 0 Å². The summed E-state index contributed by atoms with van der Waals surface area (Å²) in [5, 5.41) is 0. The molecule has 0 saturated heterocycles. The minimum Gasteiger partial charge on any atom is -0.0654 e. The van der Waals surface area contributed by atoms with Gasteiger partial charge in [-0.15, -0.1) is 0 Å². The topological polar surface area (TPSA) is 0 Å². The standard InChI is InChI=1S/C27H56/c1-9-13-14-17-24(6)18-15-16-22-27(12-4,21-10-2)26(8)25(7)20-19-23(5)11-3/h23-26H,9-22H2,1-8H3. The molecule has 0 spiro atoms. The molecule has 0 aromatic carbocycles. The van der Waals surface area contributed by atoms with E-state index in [1.54, 1.807) is 0 Å². The predicted octanol–water partition coefficient (Wildman–Crippen LogP) is 10.1. The Bertz CT molecular complexity index is 320. The Morgan fingerprint density at radius 2 is 1.22 bits per heavy atom. The molecule has 0 saturated carbocycles. The Morgan fingerprint density at radius 1 is 0.593 bits per heavy atom. The second kappa shape index (κ2) is 15.9. The first kappa shape index (κ1) is 27.0. The van der Waals surface area contributed by atoms with Gasteiger partial charge in [-0.3, -0.25) is 0 Å². The van der Waals surface area contributed by atoms with Crippen LogP contribution < -0.4 is 0 Å².